The Morgan fingerprint density at radius 1 is 1.37 bits per heavy atom. The molecule has 0 bridgehead atoms. The van der Waals surface area contributed by atoms with Gasteiger partial charge in [-0.25, -0.2) is 4.98 Å². The van der Waals surface area contributed by atoms with E-state index < -0.39 is 0 Å². The molecule has 0 aliphatic heterocycles. The van der Waals surface area contributed by atoms with E-state index in [-0.39, 0.29) is 0 Å². The summed E-state index contributed by atoms with van der Waals surface area (Å²) in [5.74, 6) is 0.414. The maximum absolute atomic E-state index is 9.43. The van der Waals surface area contributed by atoms with E-state index in [1.54, 1.807) is 6.20 Å². The van der Waals surface area contributed by atoms with Crippen LogP contribution in [-0.2, 0) is 6.54 Å². The predicted octanol–water partition coefficient (Wildman–Crippen LogP) is 2.20. The largest absolute Gasteiger partial charge is 0.396 e. The van der Waals surface area contributed by atoms with Crippen molar-refractivity contribution in [1.29, 1.82) is 0 Å². The molecule has 102 valence electrons. The molecule has 1 aliphatic rings. The number of nitrogens with one attached hydrogen (secondary N) is 2. The minimum absolute atomic E-state index is 0.299. The lowest BCUT2D eigenvalue weighted by atomic mass is 9.85. The van der Waals surface area contributed by atoms with E-state index in [0.717, 1.165) is 18.6 Å². The van der Waals surface area contributed by atoms with E-state index in [1.165, 1.54) is 30.2 Å². The van der Waals surface area contributed by atoms with E-state index in [1.807, 2.05) is 12.3 Å². The lowest BCUT2D eigenvalue weighted by molar-refractivity contribution is 0.152. The van der Waals surface area contributed by atoms with Crippen molar-refractivity contribution in [3.8, 4) is 0 Å². The average Bonchev–Trinajstić information content (AvgIpc) is 2.89. The summed E-state index contributed by atoms with van der Waals surface area (Å²) in [4.78, 5) is 7.51. The maximum Gasteiger partial charge on any atom is 0.137 e. The Bertz CT molecular complexity index is 537. The lowest BCUT2D eigenvalue weighted by Gasteiger charge is -2.31. The van der Waals surface area contributed by atoms with Crippen LogP contribution in [0.25, 0.3) is 11.0 Å². The third-order valence-corrected chi connectivity index (χ3v) is 4.24. The first-order valence-electron chi connectivity index (χ1n) is 7.13. The molecule has 3 rings (SSSR count). The van der Waals surface area contributed by atoms with Crippen LogP contribution in [0.2, 0.25) is 0 Å². The number of aliphatic hydroxyl groups is 1. The molecule has 0 radical (unpaired) electrons. The average molecular weight is 259 g/mol. The second kappa shape index (κ2) is 5.72. The standard InChI is InChI=1S/C15H21N3O/c19-10-11-4-1-2-6-14(11)17-8-12-9-18-15-13(12)5-3-7-16-15/h3,5,7,9,11,14,17,19H,1-2,4,6,8,10H2,(H,16,18). The lowest BCUT2D eigenvalue weighted by Crippen LogP contribution is -2.39. The van der Waals surface area contributed by atoms with Gasteiger partial charge in [0.05, 0.1) is 0 Å². The quantitative estimate of drug-likeness (QED) is 0.789. The normalized spacial score (nSPS) is 23.8. The van der Waals surface area contributed by atoms with Gasteiger partial charge in [0.25, 0.3) is 0 Å². The van der Waals surface area contributed by atoms with E-state index in [9.17, 15) is 5.11 Å². The van der Waals surface area contributed by atoms with Gasteiger partial charge in [-0.1, -0.05) is 12.8 Å². The Labute approximate surface area is 113 Å². The minimum Gasteiger partial charge on any atom is -0.396 e. The van der Waals surface area contributed by atoms with Gasteiger partial charge in [-0.05, 0) is 36.5 Å². The summed E-state index contributed by atoms with van der Waals surface area (Å²) in [5, 5.41) is 14.2. The molecule has 2 aromatic heterocycles. The molecule has 2 unspecified atom stereocenters. The molecule has 1 saturated carbocycles. The fourth-order valence-corrected chi connectivity index (χ4v) is 3.09. The smallest absolute Gasteiger partial charge is 0.137 e. The molecule has 0 spiro atoms. The zero-order valence-electron chi connectivity index (χ0n) is 11.1. The highest BCUT2D eigenvalue weighted by atomic mass is 16.3. The number of fused-ring (bicyclic) bond motifs is 1. The van der Waals surface area contributed by atoms with Crippen LogP contribution in [0, 0.1) is 5.92 Å². The van der Waals surface area contributed by atoms with Crippen LogP contribution in [0.5, 0.6) is 0 Å². The highest BCUT2D eigenvalue weighted by Gasteiger charge is 2.23. The third kappa shape index (κ3) is 2.65. The first kappa shape index (κ1) is 12.6. The van der Waals surface area contributed by atoms with Gasteiger partial charge in [-0.3, -0.25) is 0 Å². The molecule has 0 saturated heterocycles. The van der Waals surface area contributed by atoms with E-state index >= 15 is 0 Å². The van der Waals surface area contributed by atoms with E-state index in [4.69, 9.17) is 0 Å². The molecule has 2 atom stereocenters. The first-order chi connectivity index (χ1) is 9.38. The molecule has 4 heteroatoms. The summed E-state index contributed by atoms with van der Waals surface area (Å²) >= 11 is 0. The van der Waals surface area contributed by atoms with Crippen LogP contribution < -0.4 is 5.32 Å². The van der Waals surface area contributed by atoms with Gasteiger partial charge >= 0.3 is 0 Å². The zero-order chi connectivity index (χ0) is 13.1. The molecule has 0 aromatic carbocycles. The number of nitrogens with zero attached hydrogens (tertiary/aromatic N) is 1. The number of aromatic amines is 1. The van der Waals surface area contributed by atoms with Crippen molar-refractivity contribution in [3.63, 3.8) is 0 Å². The van der Waals surface area contributed by atoms with Crippen molar-refractivity contribution in [3.05, 3.63) is 30.1 Å². The van der Waals surface area contributed by atoms with Crippen molar-refractivity contribution in [2.75, 3.05) is 6.61 Å². The van der Waals surface area contributed by atoms with Crippen LogP contribution in [0.4, 0.5) is 0 Å². The molecular weight excluding hydrogens is 238 g/mol. The van der Waals surface area contributed by atoms with E-state index in [2.05, 4.69) is 21.4 Å². The van der Waals surface area contributed by atoms with Crippen molar-refractivity contribution in [2.24, 2.45) is 5.92 Å². The number of aromatic nitrogens is 2. The van der Waals surface area contributed by atoms with Gasteiger partial charge in [0.1, 0.15) is 5.65 Å². The molecule has 2 aromatic rings. The monoisotopic (exact) mass is 259 g/mol. The summed E-state index contributed by atoms with van der Waals surface area (Å²) in [7, 11) is 0. The van der Waals surface area contributed by atoms with Gasteiger partial charge in [0.2, 0.25) is 0 Å². The number of aliphatic hydroxyl groups excluding tert-OH is 1. The molecule has 1 aliphatic carbocycles. The summed E-state index contributed by atoms with van der Waals surface area (Å²) in [6.07, 6.45) is 8.67. The van der Waals surface area contributed by atoms with Crippen LogP contribution >= 0.6 is 0 Å². The molecule has 1 fully saturated rings. The molecule has 4 nitrogen and oxygen atoms in total. The van der Waals surface area contributed by atoms with Crippen LogP contribution in [0.3, 0.4) is 0 Å². The molecule has 0 amide bonds. The summed E-state index contributed by atoms with van der Waals surface area (Å²) in [6, 6.07) is 4.51. The number of H-pyrrole nitrogens is 1. The Morgan fingerprint density at radius 3 is 3.16 bits per heavy atom. The molecule has 19 heavy (non-hydrogen) atoms. The summed E-state index contributed by atoms with van der Waals surface area (Å²) in [6.45, 7) is 1.14. The number of hydrogen-bond acceptors (Lipinski definition) is 3. The van der Waals surface area contributed by atoms with Gasteiger partial charge in [-0.15, -0.1) is 0 Å². The minimum atomic E-state index is 0.299. The highest BCUT2D eigenvalue weighted by molar-refractivity contribution is 5.79. The summed E-state index contributed by atoms with van der Waals surface area (Å²) in [5.41, 5.74) is 2.20. The van der Waals surface area contributed by atoms with Gasteiger partial charge in [-0.2, -0.15) is 0 Å². The van der Waals surface area contributed by atoms with Crippen molar-refractivity contribution in [2.45, 2.75) is 38.3 Å². The fourth-order valence-electron chi connectivity index (χ4n) is 3.09. The number of pyridine rings is 1. The van der Waals surface area contributed by atoms with Gasteiger partial charge < -0.3 is 15.4 Å². The molecule has 3 N–H and O–H groups in total. The second-order valence-electron chi connectivity index (χ2n) is 5.43. The number of rotatable bonds is 4. The first-order valence-corrected chi connectivity index (χ1v) is 7.13. The van der Waals surface area contributed by atoms with Crippen molar-refractivity contribution >= 4 is 11.0 Å². The van der Waals surface area contributed by atoms with Gasteiger partial charge in [0, 0.05) is 37.0 Å². The van der Waals surface area contributed by atoms with Crippen LogP contribution in [0.1, 0.15) is 31.2 Å². The second-order valence-corrected chi connectivity index (χ2v) is 5.43. The predicted molar refractivity (Wildman–Crippen MR) is 75.8 cm³/mol. The van der Waals surface area contributed by atoms with Crippen molar-refractivity contribution < 1.29 is 5.11 Å². The summed E-state index contributed by atoms with van der Waals surface area (Å²) < 4.78 is 0. The fraction of sp³-hybridized carbons (Fsp3) is 0.533. The Morgan fingerprint density at radius 2 is 2.26 bits per heavy atom. The number of hydrogen-bond donors (Lipinski definition) is 3. The Balaban J connectivity index is 1.68. The molecule has 2 heterocycles. The Kier molecular flexibility index (Phi) is 3.80. The van der Waals surface area contributed by atoms with Crippen molar-refractivity contribution in [1.82, 2.24) is 15.3 Å². The van der Waals surface area contributed by atoms with Crippen LogP contribution in [-0.4, -0.2) is 27.7 Å². The SMILES string of the molecule is OCC1CCCCC1NCc1c[nH]c2ncccc12. The van der Waals surface area contributed by atoms with E-state index in [0.29, 0.717) is 18.6 Å². The molecular formula is C15H21N3O. The Hall–Kier alpha value is -1.39. The zero-order valence-corrected chi connectivity index (χ0v) is 11.1. The van der Waals surface area contributed by atoms with Crippen LogP contribution in [0.15, 0.2) is 24.5 Å². The topological polar surface area (TPSA) is 60.9 Å². The highest BCUT2D eigenvalue weighted by Crippen LogP contribution is 2.24. The van der Waals surface area contributed by atoms with Gasteiger partial charge in [0.15, 0.2) is 0 Å². The third-order valence-electron chi connectivity index (χ3n) is 4.24. The maximum atomic E-state index is 9.43.